The molecule has 2 N–H and O–H groups in total. The lowest BCUT2D eigenvalue weighted by atomic mass is 9.75. The maximum Gasteiger partial charge on any atom is 0.258 e. The topological polar surface area (TPSA) is 92.3 Å². The lowest BCUT2D eigenvalue weighted by Gasteiger charge is -2.28. The molecule has 6 nitrogen and oxygen atoms in total. The van der Waals surface area contributed by atoms with Gasteiger partial charge in [0.1, 0.15) is 0 Å². The third-order valence-electron chi connectivity index (χ3n) is 3.82. The molecule has 0 saturated heterocycles. The van der Waals surface area contributed by atoms with Gasteiger partial charge < -0.3 is 0 Å². The zero-order valence-electron chi connectivity index (χ0n) is 11.2. The predicted octanol–water partition coefficient (Wildman–Crippen LogP) is 0.0446. The van der Waals surface area contributed by atoms with E-state index in [4.69, 9.17) is 0 Å². The van der Waals surface area contributed by atoms with E-state index in [2.05, 4.69) is 10.6 Å². The fraction of sp³-hybridized carbons (Fsp3) is 0.200. The maximum atomic E-state index is 11.7. The van der Waals surface area contributed by atoms with E-state index in [1.54, 1.807) is 18.2 Å². The lowest BCUT2D eigenvalue weighted by molar-refractivity contribution is -0.125. The second-order valence-corrected chi connectivity index (χ2v) is 5.37. The summed E-state index contributed by atoms with van der Waals surface area (Å²) < 4.78 is 0. The molecule has 0 bridgehead atoms. The number of allylic oxidation sites excluding steroid dienone is 3. The molecule has 0 radical (unpaired) electrons. The zero-order chi connectivity index (χ0) is 15.2. The van der Waals surface area contributed by atoms with Gasteiger partial charge in [0, 0.05) is 23.1 Å². The summed E-state index contributed by atoms with van der Waals surface area (Å²) in [5, 5.41) is 4.41. The third kappa shape index (κ3) is 2.14. The summed E-state index contributed by atoms with van der Waals surface area (Å²) in [6, 6.07) is 0. The normalized spacial score (nSPS) is 28.1. The van der Waals surface area contributed by atoms with Gasteiger partial charge in [-0.3, -0.25) is 29.8 Å². The van der Waals surface area contributed by atoms with Crippen LogP contribution < -0.4 is 10.6 Å². The molecule has 3 aliphatic rings. The summed E-state index contributed by atoms with van der Waals surface area (Å²) in [5.74, 6) is -1.66. The van der Waals surface area contributed by atoms with Crippen molar-refractivity contribution >= 4 is 23.6 Å². The first-order chi connectivity index (χ1) is 9.89. The fourth-order valence-corrected chi connectivity index (χ4v) is 2.59. The Hall–Kier alpha value is -2.76. The van der Waals surface area contributed by atoms with Gasteiger partial charge in [0.15, 0.2) is 0 Å². The molecule has 3 rings (SSSR count). The van der Waals surface area contributed by atoms with Gasteiger partial charge in [-0.1, -0.05) is 25.2 Å². The van der Waals surface area contributed by atoms with E-state index in [0.717, 1.165) is 0 Å². The van der Waals surface area contributed by atoms with Crippen molar-refractivity contribution in [1.29, 1.82) is 0 Å². The van der Waals surface area contributed by atoms with Gasteiger partial charge in [-0.2, -0.15) is 0 Å². The van der Waals surface area contributed by atoms with E-state index in [9.17, 15) is 19.2 Å². The Morgan fingerprint density at radius 1 is 1.00 bits per heavy atom. The van der Waals surface area contributed by atoms with Crippen molar-refractivity contribution in [2.75, 3.05) is 0 Å². The third-order valence-corrected chi connectivity index (χ3v) is 3.82. The summed E-state index contributed by atoms with van der Waals surface area (Å²) in [6.07, 6.45) is 8.29. The molecule has 0 spiro atoms. The second kappa shape index (κ2) is 4.37. The Balaban J connectivity index is 1.86. The van der Waals surface area contributed by atoms with Crippen LogP contribution in [0.1, 0.15) is 13.3 Å². The van der Waals surface area contributed by atoms with Gasteiger partial charge in [-0.05, 0) is 12.0 Å². The number of carbonyl (C=O) groups is 4. The highest BCUT2D eigenvalue weighted by Crippen LogP contribution is 2.39. The van der Waals surface area contributed by atoms with Crippen molar-refractivity contribution in [3.8, 4) is 0 Å². The van der Waals surface area contributed by atoms with E-state index in [0.29, 0.717) is 23.1 Å². The number of imide groups is 2. The van der Waals surface area contributed by atoms with Gasteiger partial charge >= 0.3 is 0 Å². The molecule has 4 amide bonds. The van der Waals surface area contributed by atoms with Gasteiger partial charge in [0.2, 0.25) is 0 Å². The first-order valence-corrected chi connectivity index (χ1v) is 6.43. The first-order valence-electron chi connectivity index (χ1n) is 6.43. The van der Waals surface area contributed by atoms with Crippen LogP contribution in [0.2, 0.25) is 0 Å². The molecule has 0 aromatic heterocycles. The van der Waals surface area contributed by atoms with Crippen LogP contribution in [0.5, 0.6) is 0 Å². The predicted molar refractivity (Wildman–Crippen MR) is 72.4 cm³/mol. The summed E-state index contributed by atoms with van der Waals surface area (Å²) in [6.45, 7) is 1.84. The summed E-state index contributed by atoms with van der Waals surface area (Å²) >= 11 is 0. The molecule has 0 saturated carbocycles. The molecule has 1 aliphatic carbocycles. The van der Waals surface area contributed by atoms with Crippen LogP contribution in [0.3, 0.4) is 0 Å². The van der Waals surface area contributed by atoms with Crippen molar-refractivity contribution in [3.63, 3.8) is 0 Å². The largest absolute Gasteiger partial charge is 0.289 e. The van der Waals surface area contributed by atoms with Crippen molar-refractivity contribution in [2.24, 2.45) is 5.41 Å². The average Bonchev–Trinajstić information content (AvgIpc) is 2.93. The molecule has 1 unspecified atom stereocenters. The number of nitrogens with one attached hydrogen (secondary N) is 2. The highest BCUT2D eigenvalue weighted by Gasteiger charge is 2.37. The molecular weight excluding hydrogens is 272 g/mol. The maximum absolute atomic E-state index is 11.7. The van der Waals surface area contributed by atoms with Gasteiger partial charge in [-0.15, -0.1) is 0 Å². The molecule has 106 valence electrons. The van der Waals surface area contributed by atoms with Crippen LogP contribution in [-0.4, -0.2) is 23.6 Å². The highest BCUT2D eigenvalue weighted by molar-refractivity contribution is 6.19. The van der Waals surface area contributed by atoms with Crippen molar-refractivity contribution in [3.05, 3.63) is 47.1 Å². The van der Waals surface area contributed by atoms with Crippen molar-refractivity contribution < 1.29 is 19.2 Å². The molecule has 0 fully saturated rings. The van der Waals surface area contributed by atoms with Gasteiger partial charge in [-0.25, -0.2) is 0 Å². The molecule has 0 aromatic rings. The Kier molecular flexibility index (Phi) is 2.76. The minimum Gasteiger partial charge on any atom is -0.289 e. The zero-order valence-corrected chi connectivity index (χ0v) is 11.2. The Bertz CT molecular complexity index is 724. The average molecular weight is 284 g/mol. The fourth-order valence-electron chi connectivity index (χ4n) is 2.59. The Morgan fingerprint density at radius 3 is 2.14 bits per heavy atom. The summed E-state index contributed by atoms with van der Waals surface area (Å²) in [4.78, 5) is 45.8. The molecule has 1 atom stereocenters. The number of hydrogen-bond acceptors (Lipinski definition) is 4. The van der Waals surface area contributed by atoms with Crippen molar-refractivity contribution in [1.82, 2.24) is 10.6 Å². The van der Waals surface area contributed by atoms with E-state index < -0.39 is 29.0 Å². The number of amides is 4. The molecule has 2 aliphatic heterocycles. The number of hydrogen-bond donors (Lipinski definition) is 2. The Morgan fingerprint density at radius 2 is 1.67 bits per heavy atom. The molecule has 6 heteroatoms. The Labute approximate surface area is 120 Å². The summed E-state index contributed by atoms with van der Waals surface area (Å²) in [7, 11) is 0. The number of rotatable bonds is 2. The molecule has 2 heterocycles. The van der Waals surface area contributed by atoms with Gasteiger partial charge in [0.05, 0.1) is 5.57 Å². The number of carbonyl (C=O) groups excluding carboxylic acids is 4. The van der Waals surface area contributed by atoms with Gasteiger partial charge in [0.25, 0.3) is 23.6 Å². The lowest BCUT2D eigenvalue weighted by Crippen LogP contribution is -2.29. The van der Waals surface area contributed by atoms with Crippen molar-refractivity contribution in [2.45, 2.75) is 13.3 Å². The highest BCUT2D eigenvalue weighted by atomic mass is 16.2. The minimum atomic E-state index is -0.598. The monoisotopic (exact) mass is 284 g/mol. The van der Waals surface area contributed by atoms with Crippen LogP contribution in [0.25, 0.3) is 0 Å². The SMILES string of the molecule is CC1(C2=CC(=O)NC2=O)C=CC(C2=CC(=O)NC2=O)=CC1. The quantitative estimate of drug-likeness (QED) is 0.700. The van der Waals surface area contributed by atoms with Crippen LogP contribution >= 0.6 is 0 Å². The minimum absolute atomic E-state index is 0.319. The van der Waals surface area contributed by atoms with Crippen LogP contribution in [0.4, 0.5) is 0 Å². The van der Waals surface area contributed by atoms with E-state index in [-0.39, 0.29) is 0 Å². The molecular formula is C15H12N2O4. The standard InChI is InChI=1S/C15H12N2O4/c1-15(10-7-12(19)17-14(10)21)4-2-8(3-5-15)9-6-11(18)16-13(9)20/h2-4,6-7H,5H2,1H3,(H,16,18,20)(H,17,19,21). The van der Waals surface area contributed by atoms with Crippen LogP contribution in [0.15, 0.2) is 47.1 Å². The smallest absolute Gasteiger partial charge is 0.258 e. The molecule has 0 aromatic carbocycles. The van der Waals surface area contributed by atoms with Crippen LogP contribution in [-0.2, 0) is 19.2 Å². The van der Waals surface area contributed by atoms with Crippen LogP contribution in [0, 0.1) is 5.41 Å². The van der Waals surface area contributed by atoms with E-state index >= 15 is 0 Å². The molecule has 21 heavy (non-hydrogen) atoms. The second-order valence-electron chi connectivity index (χ2n) is 5.37. The van der Waals surface area contributed by atoms with E-state index in [1.807, 2.05) is 6.92 Å². The summed E-state index contributed by atoms with van der Waals surface area (Å²) in [5.41, 5.74) is 0.764. The van der Waals surface area contributed by atoms with E-state index in [1.165, 1.54) is 12.2 Å². The first kappa shape index (κ1) is 13.2.